The zero-order valence-corrected chi connectivity index (χ0v) is 10.5. The molecule has 0 heterocycles. The van der Waals surface area contributed by atoms with Crippen LogP contribution in [0.4, 0.5) is 0 Å². The fourth-order valence-electron chi connectivity index (χ4n) is 1.28. The van der Waals surface area contributed by atoms with Gasteiger partial charge in [-0.25, -0.2) is 0 Å². The molecule has 0 aliphatic rings. The molecule has 0 unspecified atom stereocenters. The first-order valence-electron chi connectivity index (χ1n) is 5.24. The Balaban J connectivity index is 4.04. The SMILES string of the molecule is CCN(CCCCl)C(=O)CC(C)(C)C. The lowest BCUT2D eigenvalue weighted by Crippen LogP contribution is -2.34. The van der Waals surface area contributed by atoms with Crippen molar-refractivity contribution in [2.45, 2.75) is 40.5 Å². The van der Waals surface area contributed by atoms with Gasteiger partial charge in [0, 0.05) is 25.4 Å². The monoisotopic (exact) mass is 219 g/mol. The minimum absolute atomic E-state index is 0.0749. The quantitative estimate of drug-likeness (QED) is 0.652. The van der Waals surface area contributed by atoms with E-state index in [-0.39, 0.29) is 11.3 Å². The predicted molar refractivity (Wildman–Crippen MR) is 61.7 cm³/mol. The number of carbonyl (C=O) groups is 1. The molecule has 14 heavy (non-hydrogen) atoms. The largest absolute Gasteiger partial charge is 0.343 e. The Bertz CT molecular complexity index is 175. The number of hydrogen-bond donors (Lipinski definition) is 0. The molecule has 0 fully saturated rings. The third kappa shape index (κ3) is 6.25. The molecular weight excluding hydrogens is 198 g/mol. The molecule has 0 saturated carbocycles. The maximum absolute atomic E-state index is 11.8. The number of carbonyl (C=O) groups excluding carboxylic acids is 1. The van der Waals surface area contributed by atoms with Crippen LogP contribution in [0.15, 0.2) is 0 Å². The van der Waals surface area contributed by atoms with E-state index in [0.717, 1.165) is 19.5 Å². The average Bonchev–Trinajstić information content (AvgIpc) is 2.02. The van der Waals surface area contributed by atoms with E-state index >= 15 is 0 Å². The van der Waals surface area contributed by atoms with E-state index in [1.54, 1.807) is 0 Å². The van der Waals surface area contributed by atoms with Crippen LogP contribution in [0.3, 0.4) is 0 Å². The highest BCUT2D eigenvalue weighted by molar-refractivity contribution is 6.17. The van der Waals surface area contributed by atoms with Crippen molar-refractivity contribution in [2.24, 2.45) is 5.41 Å². The van der Waals surface area contributed by atoms with Gasteiger partial charge in [0.25, 0.3) is 0 Å². The van der Waals surface area contributed by atoms with Gasteiger partial charge in [0.1, 0.15) is 0 Å². The minimum Gasteiger partial charge on any atom is -0.343 e. The second kappa shape index (κ2) is 6.28. The summed E-state index contributed by atoms with van der Waals surface area (Å²) in [6, 6.07) is 0. The topological polar surface area (TPSA) is 20.3 Å². The maximum Gasteiger partial charge on any atom is 0.223 e. The van der Waals surface area contributed by atoms with Gasteiger partial charge in [-0.3, -0.25) is 4.79 Å². The molecule has 1 amide bonds. The van der Waals surface area contributed by atoms with Crippen molar-refractivity contribution >= 4 is 17.5 Å². The van der Waals surface area contributed by atoms with Gasteiger partial charge >= 0.3 is 0 Å². The van der Waals surface area contributed by atoms with Gasteiger partial charge in [-0.1, -0.05) is 20.8 Å². The second-order valence-electron chi connectivity index (χ2n) is 4.75. The normalized spacial score (nSPS) is 11.5. The minimum atomic E-state index is 0.0749. The molecule has 0 N–H and O–H groups in total. The van der Waals surface area contributed by atoms with Crippen molar-refractivity contribution in [3.05, 3.63) is 0 Å². The summed E-state index contributed by atoms with van der Waals surface area (Å²) in [7, 11) is 0. The Hall–Kier alpha value is -0.240. The molecule has 0 saturated heterocycles. The van der Waals surface area contributed by atoms with Crippen molar-refractivity contribution in [1.82, 2.24) is 4.90 Å². The third-order valence-corrected chi connectivity index (χ3v) is 2.24. The Morgan fingerprint density at radius 3 is 2.29 bits per heavy atom. The number of alkyl halides is 1. The third-order valence-electron chi connectivity index (χ3n) is 1.98. The van der Waals surface area contributed by atoms with Crippen LogP contribution in [0.25, 0.3) is 0 Å². The zero-order chi connectivity index (χ0) is 11.2. The van der Waals surface area contributed by atoms with Crippen molar-refractivity contribution in [1.29, 1.82) is 0 Å². The Morgan fingerprint density at radius 1 is 1.36 bits per heavy atom. The zero-order valence-electron chi connectivity index (χ0n) is 9.77. The number of nitrogens with zero attached hydrogens (tertiary/aromatic N) is 1. The lowest BCUT2D eigenvalue weighted by atomic mass is 9.91. The molecule has 0 aromatic carbocycles. The lowest BCUT2D eigenvalue weighted by Gasteiger charge is -2.25. The molecule has 0 aromatic rings. The summed E-state index contributed by atoms with van der Waals surface area (Å²) in [6.45, 7) is 9.83. The predicted octanol–water partition coefficient (Wildman–Crippen LogP) is 2.90. The van der Waals surface area contributed by atoms with E-state index in [9.17, 15) is 4.79 Å². The van der Waals surface area contributed by atoms with Crippen molar-refractivity contribution in [2.75, 3.05) is 19.0 Å². The first-order chi connectivity index (χ1) is 6.40. The van der Waals surface area contributed by atoms with Gasteiger partial charge < -0.3 is 4.90 Å². The van der Waals surface area contributed by atoms with Crippen molar-refractivity contribution in [3.8, 4) is 0 Å². The summed E-state index contributed by atoms with van der Waals surface area (Å²) in [5, 5.41) is 0. The standard InChI is InChI=1S/C11H22ClNO/c1-5-13(8-6-7-12)10(14)9-11(2,3)4/h5-9H2,1-4H3. The Kier molecular flexibility index (Phi) is 6.17. The van der Waals surface area contributed by atoms with E-state index in [2.05, 4.69) is 20.8 Å². The summed E-state index contributed by atoms with van der Waals surface area (Å²) < 4.78 is 0. The molecule has 3 heteroatoms. The first kappa shape index (κ1) is 13.8. The van der Waals surface area contributed by atoms with Crippen LogP contribution >= 0.6 is 11.6 Å². The number of rotatable bonds is 5. The smallest absolute Gasteiger partial charge is 0.223 e. The molecule has 0 rings (SSSR count). The number of hydrogen-bond acceptors (Lipinski definition) is 1. The van der Waals surface area contributed by atoms with Gasteiger partial charge in [-0.2, -0.15) is 0 Å². The molecule has 0 atom stereocenters. The van der Waals surface area contributed by atoms with Gasteiger partial charge in [-0.05, 0) is 18.8 Å². The van der Waals surface area contributed by atoms with E-state index in [1.807, 2.05) is 11.8 Å². The van der Waals surface area contributed by atoms with Gasteiger partial charge in [0.05, 0.1) is 0 Å². The molecule has 0 radical (unpaired) electrons. The Labute approximate surface area is 92.6 Å². The highest BCUT2D eigenvalue weighted by Gasteiger charge is 2.19. The van der Waals surface area contributed by atoms with Crippen molar-refractivity contribution in [3.63, 3.8) is 0 Å². The van der Waals surface area contributed by atoms with Gasteiger partial charge in [0.15, 0.2) is 0 Å². The summed E-state index contributed by atoms with van der Waals surface area (Å²) in [5.41, 5.74) is 0.0749. The number of halogens is 1. The van der Waals surface area contributed by atoms with Crippen LogP contribution < -0.4 is 0 Å². The van der Waals surface area contributed by atoms with E-state index in [1.165, 1.54) is 0 Å². The fourth-order valence-corrected chi connectivity index (χ4v) is 1.39. The van der Waals surface area contributed by atoms with E-state index < -0.39 is 0 Å². The summed E-state index contributed by atoms with van der Waals surface area (Å²) in [6.07, 6.45) is 1.49. The average molecular weight is 220 g/mol. The highest BCUT2D eigenvalue weighted by atomic mass is 35.5. The van der Waals surface area contributed by atoms with E-state index in [4.69, 9.17) is 11.6 Å². The lowest BCUT2D eigenvalue weighted by molar-refractivity contribution is -0.132. The Morgan fingerprint density at radius 2 is 1.93 bits per heavy atom. The first-order valence-corrected chi connectivity index (χ1v) is 5.78. The maximum atomic E-state index is 11.8. The molecular formula is C11H22ClNO. The molecule has 0 aliphatic carbocycles. The molecule has 2 nitrogen and oxygen atoms in total. The molecule has 0 bridgehead atoms. The molecule has 0 aliphatic heterocycles. The van der Waals surface area contributed by atoms with Crippen LogP contribution in [0.5, 0.6) is 0 Å². The summed E-state index contributed by atoms with van der Waals surface area (Å²) >= 11 is 5.60. The van der Waals surface area contributed by atoms with Crippen LogP contribution in [-0.4, -0.2) is 29.8 Å². The van der Waals surface area contributed by atoms with Crippen LogP contribution in [-0.2, 0) is 4.79 Å². The van der Waals surface area contributed by atoms with Crippen molar-refractivity contribution < 1.29 is 4.79 Å². The van der Waals surface area contributed by atoms with Crippen LogP contribution in [0.1, 0.15) is 40.5 Å². The molecule has 0 spiro atoms. The van der Waals surface area contributed by atoms with Gasteiger partial charge in [-0.15, -0.1) is 11.6 Å². The fraction of sp³-hybridized carbons (Fsp3) is 0.909. The van der Waals surface area contributed by atoms with Gasteiger partial charge in [0.2, 0.25) is 5.91 Å². The van der Waals surface area contributed by atoms with Crippen LogP contribution in [0.2, 0.25) is 0 Å². The number of amides is 1. The highest BCUT2D eigenvalue weighted by Crippen LogP contribution is 2.19. The molecule has 84 valence electrons. The summed E-state index contributed by atoms with van der Waals surface area (Å²) in [4.78, 5) is 13.7. The summed E-state index contributed by atoms with van der Waals surface area (Å²) in [5.74, 6) is 0.865. The van der Waals surface area contributed by atoms with E-state index in [0.29, 0.717) is 12.3 Å². The van der Waals surface area contributed by atoms with Crippen LogP contribution in [0, 0.1) is 5.41 Å². The molecule has 0 aromatic heterocycles. The second-order valence-corrected chi connectivity index (χ2v) is 5.13.